The summed E-state index contributed by atoms with van der Waals surface area (Å²) in [5.41, 5.74) is 4.90. The van der Waals surface area contributed by atoms with Gasteiger partial charge in [0.25, 0.3) is 0 Å². The summed E-state index contributed by atoms with van der Waals surface area (Å²) in [7, 11) is 2.03. The van der Waals surface area contributed by atoms with Crippen LogP contribution in [0.5, 0.6) is 0 Å². The van der Waals surface area contributed by atoms with E-state index >= 15 is 0 Å². The molecule has 1 fully saturated rings. The van der Waals surface area contributed by atoms with Gasteiger partial charge in [-0.05, 0) is 54.9 Å². The van der Waals surface area contributed by atoms with Crippen LogP contribution in [-0.4, -0.2) is 22.9 Å². The van der Waals surface area contributed by atoms with Gasteiger partial charge in [-0.3, -0.25) is 4.68 Å². The predicted molar refractivity (Wildman–Crippen MR) is 85.9 cm³/mol. The molecule has 0 unspecified atom stereocenters. The van der Waals surface area contributed by atoms with Crippen molar-refractivity contribution in [2.24, 2.45) is 7.05 Å². The zero-order valence-electron chi connectivity index (χ0n) is 12.0. The van der Waals surface area contributed by atoms with E-state index in [-0.39, 0.29) is 0 Å². The van der Waals surface area contributed by atoms with Crippen LogP contribution in [0.2, 0.25) is 0 Å². The highest BCUT2D eigenvalue weighted by Gasteiger charge is 2.24. The highest BCUT2D eigenvalue weighted by Crippen LogP contribution is 2.37. The van der Waals surface area contributed by atoms with Crippen molar-refractivity contribution in [3.8, 4) is 11.3 Å². The Balaban J connectivity index is 2.02. The molecule has 1 aliphatic heterocycles. The summed E-state index contributed by atoms with van der Waals surface area (Å²) >= 11 is 3.80. The number of halogens is 1. The number of hydrogen-bond donors (Lipinski definition) is 1. The second-order valence-electron chi connectivity index (χ2n) is 5.57. The lowest BCUT2D eigenvalue weighted by atomic mass is 9.94. The van der Waals surface area contributed by atoms with E-state index in [9.17, 15) is 0 Å². The van der Waals surface area contributed by atoms with Gasteiger partial charge in [-0.2, -0.15) is 5.10 Å². The van der Waals surface area contributed by atoms with Crippen LogP contribution in [0.1, 0.15) is 30.0 Å². The molecule has 20 heavy (non-hydrogen) atoms. The first-order chi connectivity index (χ1) is 9.66. The van der Waals surface area contributed by atoms with E-state index in [1.807, 2.05) is 11.7 Å². The molecule has 1 aliphatic rings. The molecule has 0 spiro atoms. The van der Waals surface area contributed by atoms with Crippen molar-refractivity contribution in [2.75, 3.05) is 13.1 Å². The Kier molecular flexibility index (Phi) is 3.94. The fourth-order valence-electron chi connectivity index (χ4n) is 2.98. The van der Waals surface area contributed by atoms with Crippen molar-refractivity contribution in [1.82, 2.24) is 15.1 Å². The van der Waals surface area contributed by atoms with Gasteiger partial charge in [0.05, 0.1) is 15.9 Å². The number of benzene rings is 1. The van der Waals surface area contributed by atoms with Crippen molar-refractivity contribution >= 4 is 15.9 Å². The van der Waals surface area contributed by atoms with E-state index in [4.69, 9.17) is 5.10 Å². The monoisotopic (exact) mass is 333 g/mol. The van der Waals surface area contributed by atoms with Crippen LogP contribution in [0.15, 0.2) is 28.7 Å². The SMILES string of the molecule is Cc1cccc(-c2c(Br)c(C3CCNCC3)nn2C)c1. The standard InChI is InChI=1S/C16H20BrN3/c1-11-4-3-5-13(10-11)16-14(17)15(19-20(16)2)12-6-8-18-9-7-12/h3-5,10,12,18H,6-9H2,1-2H3. The van der Waals surface area contributed by atoms with Crippen LogP contribution in [0.4, 0.5) is 0 Å². The van der Waals surface area contributed by atoms with Crippen LogP contribution >= 0.6 is 15.9 Å². The second-order valence-corrected chi connectivity index (χ2v) is 6.36. The number of piperidine rings is 1. The molecule has 3 nitrogen and oxygen atoms in total. The fraction of sp³-hybridized carbons (Fsp3) is 0.438. The lowest BCUT2D eigenvalue weighted by Gasteiger charge is -2.21. The molecule has 106 valence electrons. The smallest absolute Gasteiger partial charge is 0.0824 e. The third-order valence-electron chi connectivity index (χ3n) is 4.03. The maximum atomic E-state index is 4.78. The number of rotatable bonds is 2. The van der Waals surface area contributed by atoms with Crippen LogP contribution in [-0.2, 0) is 7.05 Å². The average Bonchev–Trinajstić information content (AvgIpc) is 2.75. The molecule has 1 aromatic carbocycles. The van der Waals surface area contributed by atoms with Crippen LogP contribution in [0, 0.1) is 6.92 Å². The minimum Gasteiger partial charge on any atom is -0.317 e. The molecule has 3 rings (SSSR count). The minimum absolute atomic E-state index is 0.565. The van der Waals surface area contributed by atoms with E-state index in [0.717, 1.165) is 17.6 Å². The summed E-state index contributed by atoms with van der Waals surface area (Å²) in [6.07, 6.45) is 2.34. The van der Waals surface area contributed by atoms with Crippen LogP contribution in [0.25, 0.3) is 11.3 Å². The normalized spacial score (nSPS) is 16.6. The lowest BCUT2D eigenvalue weighted by molar-refractivity contribution is 0.449. The van der Waals surface area contributed by atoms with Gasteiger partial charge in [-0.25, -0.2) is 0 Å². The Morgan fingerprint density at radius 2 is 2.05 bits per heavy atom. The Morgan fingerprint density at radius 3 is 2.75 bits per heavy atom. The van der Waals surface area contributed by atoms with Crippen LogP contribution in [0.3, 0.4) is 0 Å². The maximum absolute atomic E-state index is 4.78. The number of aromatic nitrogens is 2. The number of nitrogens with one attached hydrogen (secondary N) is 1. The zero-order valence-corrected chi connectivity index (χ0v) is 13.6. The van der Waals surface area contributed by atoms with Crippen molar-refractivity contribution in [3.05, 3.63) is 40.0 Å². The molecule has 1 N–H and O–H groups in total. The summed E-state index contributed by atoms with van der Waals surface area (Å²) in [6, 6.07) is 8.60. The molecule has 1 saturated heterocycles. The minimum atomic E-state index is 0.565. The first-order valence-corrected chi connectivity index (χ1v) is 7.96. The Bertz CT molecular complexity index is 612. The van der Waals surface area contributed by atoms with E-state index in [1.54, 1.807) is 0 Å². The maximum Gasteiger partial charge on any atom is 0.0824 e. The third kappa shape index (κ3) is 2.54. The van der Waals surface area contributed by atoms with E-state index in [1.165, 1.54) is 35.4 Å². The fourth-order valence-corrected chi connectivity index (χ4v) is 3.87. The molecule has 1 aromatic heterocycles. The van der Waals surface area contributed by atoms with Gasteiger partial charge >= 0.3 is 0 Å². The van der Waals surface area contributed by atoms with Gasteiger partial charge in [0.2, 0.25) is 0 Å². The molecule has 0 radical (unpaired) electrons. The number of hydrogen-bond acceptors (Lipinski definition) is 2. The molecular weight excluding hydrogens is 314 g/mol. The summed E-state index contributed by atoms with van der Waals surface area (Å²) in [5, 5.41) is 8.20. The van der Waals surface area contributed by atoms with E-state index < -0.39 is 0 Å². The Morgan fingerprint density at radius 1 is 1.30 bits per heavy atom. The average molecular weight is 334 g/mol. The Labute approximate surface area is 128 Å². The van der Waals surface area contributed by atoms with Crippen molar-refractivity contribution in [3.63, 3.8) is 0 Å². The molecule has 2 heterocycles. The van der Waals surface area contributed by atoms with Gasteiger partial charge in [0, 0.05) is 18.5 Å². The Hall–Kier alpha value is -1.13. The van der Waals surface area contributed by atoms with Gasteiger partial charge in [0.15, 0.2) is 0 Å². The first-order valence-electron chi connectivity index (χ1n) is 7.17. The molecule has 0 saturated carbocycles. The summed E-state index contributed by atoms with van der Waals surface area (Å²) in [6.45, 7) is 4.31. The number of nitrogens with zero attached hydrogens (tertiary/aromatic N) is 2. The highest BCUT2D eigenvalue weighted by atomic mass is 79.9. The summed E-state index contributed by atoms with van der Waals surface area (Å²) in [5.74, 6) is 0.565. The molecule has 0 aliphatic carbocycles. The van der Waals surface area contributed by atoms with Crippen molar-refractivity contribution in [1.29, 1.82) is 0 Å². The van der Waals surface area contributed by atoms with Crippen molar-refractivity contribution in [2.45, 2.75) is 25.7 Å². The van der Waals surface area contributed by atoms with Gasteiger partial charge < -0.3 is 5.32 Å². The first kappa shape index (κ1) is 13.8. The van der Waals surface area contributed by atoms with E-state index in [0.29, 0.717) is 5.92 Å². The molecule has 0 bridgehead atoms. The van der Waals surface area contributed by atoms with Gasteiger partial charge in [0.1, 0.15) is 0 Å². The zero-order chi connectivity index (χ0) is 14.1. The third-order valence-corrected chi connectivity index (χ3v) is 4.81. The predicted octanol–water partition coefficient (Wildman–Crippen LogP) is 3.63. The van der Waals surface area contributed by atoms with Gasteiger partial charge in [-0.15, -0.1) is 0 Å². The molecule has 2 aromatic rings. The summed E-state index contributed by atoms with van der Waals surface area (Å²) < 4.78 is 3.17. The van der Waals surface area contributed by atoms with Gasteiger partial charge in [-0.1, -0.05) is 23.8 Å². The lowest BCUT2D eigenvalue weighted by Crippen LogP contribution is -2.27. The molecular formula is C16H20BrN3. The topological polar surface area (TPSA) is 29.9 Å². The highest BCUT2D eigenvalue weighted by molar-refractivity contribution is 9.10. The summed E-state index contributed by atoms with van der Waals surface area (Å²) in [4.78, 5) is 0. The van der Waals surface area contributed by atoms with Crippen LogP contribution < -0.4 is 5.32 Å². The van der Waals surface area contributed by atoms with Crippen molar-refractivity contribution < 1.29 is 0 Å². The molecule has 0 amide bonds. The quantitative estimate of drug-likeness (QED) is 0.909. The molecule has 4 heteroatoms. The largest absolute Gasteiger partial charge is 0.317 e. The second kappa shape index (κ2) is 5.70. The van der Waals surface area contributed by atoms with E-state index in [2.05, 4.69) is 52.4 Å². The number of aryl methyl sites for hydroxylation is 2. The molecule has 0 atom stereocenters.